The van der Waals surface area contributed by atoms with Crippen molar-refractivity contribution in [1.29, 1.82) is 0 Å². The van der Waals surface area contributed by atoms with Gasteiger partial charge < -0.3 is 10.1 Å². The number of methoxy groups -OCH3 is 1. The molecule has 0 aliphatic heterocycles. The second kappa shape index (κ2) is 7.09. The minimum Gasteiger partial charge on any atom is -0.497 e. The Bertz CT molecular complexity index is 629. The Morgan fingerprint density at radius 1 is 1.19 bits per heavy atom. The van der Waals surface area contributed by atoms with Crippen LogP contribution in [0.15, 0.2) is 42.5 Å². The standard InChI is InChI=1S/C16H15ClFNO2/c1-21-13-6-7-14(15(18)8-13)16(20)19-10-12-4-2-11(9-17)3-5-12/h2-8H,9-10H2,1H3,(H,19,20). The van der Waals surface area contributed by atoms with Crippen molar-refractivity contribution in [2.24, 2.45) is 0 Å². The summed E-state index contributed by atoms with van der Waals surface area (Å²) >= 11 is 5.71. The van der Waals surface area contributed by atoms with Crippen LogP contribution in [0.2, 0.25) is 0 Å². The number of nitrogens with one attached hydrogen (secondary N) is 1. The molecule has 0 fully saturated rings. The molecular formula is C16H15ClFNO2. The van der Waals surface area contributed by atoms with Gasteiger partial charge in [-0.1, -0.05) is 24.3 Å². The summed E-state index contributed by atoms with van der Waals surface area (Å²) in [7, 11) is 1.44. The van der Waals surface area contributed by atoms with Crippen LogP contribution in [-0.2, 0) is 12.4 Å². The van der Waals surface area contributed by atoms with Crippen LogP contribution < -0.4 is 10.1 Å². The average Bonchev–Trinajstić information content (AvgIpc) is 2.52. The maximum absolute atomic E-state index is 13.8. The Hall–Kier alpha value is -2.07. The summed E-state index contributed by atoms with van der Waals surface area (Å²) in [6.45, 7) is 0.326. The first-order chi connectivity index (χ1) is 10.1. The van der Waals surface area contributed by atoms with Crippen molar-refractivity contribution >= 4 is 17.5 Å². The molecule has 0 unspecified atom stereocenters. The number of halogens is 2. The lowest BCUT2D eigenvalue weighted by Gasteiger charge is -2.08. The molecule has 2 rings (SSSR count). The molecule has 0 aromatic heterocycles. The van der Waals surface area contributed by atoms with E-state index in [9.17, 15) is 9.18 Å². The highest BCUT2D eigenvalue weighted by molar-refractivity contribution is 6.17. The molecule has 0 aliphatic rings. The van der Waals surface area contributed by atoms with E-state index in [4.69, 9.17) is 16.3 Å². The van der Waals surface area contributed by atoms with Crippen LogP contribution in [-0.4, -0.2) is 13.0 Å². The third-order valence-electron chi connectivity index (χ3n) is 3.05. The van der Waals surface area contributed by atoms with E-state index in [2.05, 4.69) is 5.32 Å². The summed E-state index contributed by atoms with van der Waals surface area (Å²) in [5.41, 5.74) is 1.92. The number of carbonyl (C=O) groups is 1. The molecule has 0 saturated heterocycles. The number of amides is 1. The van der Waals surface area contributed by atoms with Gasteiger partial charge in [0, 0.05) is 18.5 Å². The van der Waals surface area contributed by atoms with Gasteiger partial charge >= 0.3 is 0 Å². The van der Waals surface area contributed by atoms with Crippen LogP contribution in [0, 0.1) is 5.82 Å². The molecular weight excluding hydrogens is 293 g/mol. The zero-order valence-corrected chi connectivity index (χ0v) is 12.3. The Morgan fingerprint density at radius 2 is 1.86 bits per heavy atom. The SMILES string of the molecule is COc1ccc(C(=O)NCc2ccc(CCl)cc2)c(F)c1. The summed E-state index contributed by atoms with van der Waals surface area (Å²) in [5.74, 6) is -0.245. The van der Waals surface area contributed by atoms with E-state index < -0.39 is 11.7 Å². The number of carbonyl (C=O) groups excluding carboxylic acids is 1. The Labute approximate surface area is 127 Å². The van der Waals surface area contributed by atoms with Gasteiger partial charge in [0.25, 0.3) is 5.91 Å². The van der Waals surface area contributed by atoms with Gasteiger partial charge in [0.15, 0.2) is 0 Å². The summed E-state index contributed by atoms with van der Waals surface area (Å²) < 4.78 is 18.7. The quantitative estimate of drug-likeness (QED) is 0.859. The van der Waals surface area contributed by atoms with E-state index in [-0.39, 0.29) is 5.56 Å². The number of hydrogen-bond donors (Lipinski definition) is 1. The molecule has 1 amide bonds. The van der Waals surface area contributed by atoms with Gasteiger partial charge in [-0.2, -0.15) is 0 Å². The number of rotatable bonds is 5. The lowest BCUT2D eigenvalue weighted by Crippen LogP contribution is -2.23. The van der Waals surface area contributed by atoms with Crippen molar-refractivity contribution in [2.75, 3.05) is 7.11 Å². The first-order valence-corrected chi connectivity index (χ1v) is 6.93. The number of alkyl halides is 1. The zero-order valence-electron chi connectivity index (χ0n) is 11.5. The van der Waals surface area contributed by atoms with E-state index in [0.29, 0.717) is 18.2 Å². The molecule has 1 N–H and O–H groups in total. The van der Waals surface area contributed by atoms with Crippen molar-refractivity contribution in [1.82, 2.24) is 5.32 Å². The monoisotopic (exact) mass is 307 g/mol. The third-order valence-corrected chi connectivity index (χ3v) is 3.36. The van der Waals surface area contributed by atoms with Crippen LogP contribution >= 0.6 is 11.6 Å². The molecule has 0 saturated carbocycles. The first kappa shape index (κ1) is 15.3. The fourth-order valence-electron chi connectivity index (χ4n) is 1.83. The maximum atomic E-state index is 13.8. The zero-order chi connectivity index (χ0) is 15.2. The summed E-state index contributed by atoms with van der Waals surface area (Å²) in [6.07, 6.45) is 0. The molecule has 0 aliphatic carbocycles. The number of benzene rings is 2. The minimum atomic E-state index is -0.607. The molecule has 5 heteroatoms. The second-order valence-electron chi connectivity index (χ2n) is 4.48. The molecule has 2 aromatic carbocycles. The van der Waals surface area contributed by atoms with Crippen LogP contribution in [0.5, 0.6) is 5.75 Å². The largest absolute Gasteiger partial charge is 0.497 e. The molecule has 21 heavy (non-hydrogen) atoms. The molecule has 0 atom stereocenters. The molecule has 2 aromatic rings. The van der Waals surface area contributed by atoms with Crippen molar-refractivity contribution in [3.05, 3.63) is 65.0 Å². The summed E-state index contributed by atoms with van der Waals surface area (Å²) in [5, 5.41) is 2.68. The van der Waals surface area contributed by atoms with Gasteiger partial charge in [-0.25, -0.2) is 4.39 Å². The topological polar surface area (TPSA) is 38.3 Å². The highest BCUT2D eigenvalue weighted by Crippen LogP contribution is 2.16. The van der Waals surface area contributed by atoms with Crippen LogP contribution in [0.4, 0.5) is 4.39 Å². The van der Waals surface area contributed by atoms with E-state index in [1.807, 2.05) is 24.3 Å². The Kier molecular flexibility index (Phi) is 5.17. The molecule has 3 nitrogen and oxygen atoms in total. The Morgan fingerprint density at radius 3 is 2.43 bits per heavy atom. The van der Waals surface area contributed by atoms with Gasteiger partial charge in [-0.3, -0.25) is 4.79 Å². The second-order valence-corrected chi connectivity index (χ2v) is 4.75. The fraction of sp³-hybridized carbons (Fsp3) is 0.188. The summed E-state index contributed by atoms with van der Waals surface area (Å²) in [6, 6.07) is 11.7. The minimum absolute atomic E-state index is 0.00632. The Balaban J connectivity index is 2.00. The maximum Gasteiger partial charge on any atom is 0.254 e. The highest BCUT2D eigenvalue weighted by atomic mass is 35.5. The van der Waals surface area contributed by atoms with Crippen LogP contribution in [0.25, 0.3) is 0 Å². The van der Waals surface area contributed by atoms with Crippen molar-refractivity contribution in [3.63, 3.8) is 0 Å². The molecule has 110 valence electrons. The van der Waals surface area contributed by atoms with Crippen molar-refractivity contribution < 1.29 is 13.9 Å². The fourth-order valence-corrected chi connectivity index (χ4v) is 2.01. The van der Waals surface area contributed by atoms with Gasteiger partial charge in [-0.15, -0.1) is 11.6 Å². The number of ether oxygens (including phenoxy) is 1. The van der Waals surface area contributed by atoms with Gasteiger partial charge in [0.05, 0.1) is 12.7 Å². The van der Waals surface area contributed by atoms with E-state index in [1.54, 1.807) is 6.07 Å². The van der Waals surface area contributed by atoms with Crippen molar-refractivity contribution in [3.8, 4) is 5.75 Å². The molecule has 0 radical (unpaired) electrons. The normalized spacial score (nSPS) is 10.2. The lowest BCUT2D eigenvalue weighted by molar-refractivity contribution is 0.0947. The van der Waals surface area contributed by atoms with E-state index in [0.717, 1.165) is 11.1 Å². The highest BCUT2D eigenvalue weighted by Gasteiger charge is 2.12. The first-order valence-electron chi connectivity index (χ1n) is 6.39. The van der Waals surface area contributed by atoms with E-state index >= 15 is 0 Å². The molecule has 0 bridgehead atoms. The molecule has 0 spiro atoms. The third kappa shape index (κ3) is 3.95. The lowest BCUT2D eigenvalue weighted by atomic mass is 10.1. The van der Waals surface area contributed by atoms with Crippen LogP contribution in [0.3, 0.4) is 0 Å². The smallest absolute Gasteiger partial charge is 0.254 e. The van der Waals surface area contributed by atoms with Gasteiger partial charge in [0.1, 0.15) is 11.6 Å². The predicted octanol–water partition coefficient (Wildman–Crippen LogP) is 3.50. The van der Waals surface area contributed by atoms with Gasteiger partial charge in [0.2, 0.25) is 0 Å². The average molecular weight is 308 g/mol. The van der Waals surface area contributed by atoms with Gasteiger partial charge in [-0.05, 0) is 23.3 Å². The van der Waals surface area contributed by atoms with E-state index in [1.165, 1.54) is 19.2 Å². The van der Waals surface area contributed by atoms with Crippen LogP contribution in [0.1, 0.15) is 21.5 Å². The molecule has 0 heterocycles. The number of hydrogen-bond acceptors (Lipinski definition) is 2. The van der Waals surface area contributed by atoms with Crippen molar-refractivity contribution in [2.45, 2.75) is 12.4 Å². The predicted molar refractivity (Wildman–Crippen MR) is 80.1 cm³/mol. The summed E-state index contributed by atoms with van der Waals surface area (Å²) in [4.78, 5) is 11.9.